The van der Waals surface area contributed by atoms with Gasteiger partial charge in [-0.15, -0.1) is 11.6 Å². The van der Waals surface area contributed by atoms with E-state index in [0.717, 1.165) is 11.3 Å². The molecule has 3 nitrogen and oxygen atoms in total. The SMILES string of the molecule is O=C1CC(C(=O)CCl)c2ccccc2N1. The highest BCUT2D eigenvalue weighted by Gasteiger charge is 2.29. The maximum atomic E-state index is 11.6. The second-order valence-corrected chi connectivity index (χ2v) is 3.76. The minimum Gasteiger partial charge on any atom is -0.326 e. The number of ketones is 1. The van der Waals surface area contributed by atoms with Crippen molar-refractivity contribution >= 4 is 29.0 Å². The molecule has 2 rings (SSSR count). The topological polar surface area (TPSA) is 46.2 Å². The van der Waals surface area contributed by atoms with E-state index in [1.807, 2.05) is 18.2 Å². The molecule has 1 aromatic rings. The Morgan fingerprint density at radius 2 is 2.20 bits per heavy atom. The van der Waals surface area contributed by atoms with Crippen molar-refractivity contribution in [3.63, 3.8) is 0 Å². The lowest BCUT2D eigenvalue weighted by Gasteiger charge is -2.23. The Hall–Kier alpha value is -1.35. The number of hydrogen-bond donors (Lipinski definition) is 1. The van der Waals surface area contributed by atoms with Gasteiger partial charge in [0.05, 0.1) is 11.8 Å². The third-order valence-electron chi connectivity index (χ3n) is 2.52. The summed E-state index contributed by atoms with van der Waals surface area (Å²) in [6.45, 7) is 0. The highest BCUT2D eigenvalue weighted by Crippen LogP contribution is 2.32. The summed E-state index contributed by atoms with van der Waals surface area (Å²) in [5, 5.41) is 2.73. The average Bonchev–Trinajstić information content (AvgIpc) is 2.26. The second-order valence-electron chi connectivity index (χ2n) is 3.49. The van der Waals surface area contributed by atoms with Gasteiger partial charge in [0, 0.05) is 12.1 Å². The average molecular weight is 224 g/mol. The van der Waals surface area contributed by atoms with Crippen LogP contribution in [0.5, 0.6) is 0 Å². The van der Waals surface area contributed by atoms with E-state index in [0.29, 0.717) is 0 Å². The number of carbonyl (C=O) groups is 2. The predicted molar refractivity (Wildman–Crippen MR) is 58.2 cm³/mol. The molecule has 0 bridgehead atoms. The van der Waals surface area contributed by atoms with Gasteiger partial charge in [0.25, 0.3) is 0 Å². The normalized spacial score (nSPS) is 19.3. The van der Waals surface area contributed by atoms with E-state index in [-0.39, 0.29) is 29.9 Å². The van der Waals surface area contributed by atoms with E-state index in [2.05, 4.69) is 5.32 Å². The zero-order chi connectivity index (χ0) is 10.8. The van der Waals surface area contributed by atoms with Gasteiger partial charge in [-0.2, -0.15) is 0 Å². The lowest BCUT2D eigenvalue weighted by atomic mass is 9.88. The molecule has 1 amide bonds. The van der Waals surface area contributed by atoms with Gasteiger partial charge in [-0.05, 0) is 11.6 Å². The first kappa shape index (κ1) is 10.2. The van der Waals surface area contributed by atoms with Crippen molar-refractivity contribution in [2.45, 2.75) is 12.3 Å². The van der Waals surface area contributed by atoms with Crippen molar-refractivity contribution < 1.29 is 9.59 Å². The summed E-state index contributed by atoms with van der Waals surface area (Å²) in [4.78, 5) is 22.9. The Morgan fingerprint density at radius 3 is 2.93 bits per heavy atom. The third kappa shape index (κ3) is 1.88. The molecule has 0 saturated heterocycles. The van der Waals surface area contributed by atoms with Crippen LogP contribution in [-0.4, -0.2) is 17.6 Å². The Labute approximate surface area is 92.4 Å². The standard InChI is InChI=1S/C11H10ClNO2/c12-6-10(14)8-5-11(15)13-9-4-2-1-3-7(8)9/h1-4,8H,5-6H2,(H,13,15). The molecule has 0 aliphatic carbocycles. The number of hydrogen-bond acceptors (Lipinski definition) is 2. The largest absolute Gasteiger partial charge is 0.326 e. The van der Waals surface area contributed by atoms with Gasteiger partial charge >= 0.3 is 0 Å². The molecule has 15 heavy (non-hydrogen) atoms. The molecule has 0 spiro atoms. The molecule has 1 aliphatic rings. The Kier molecular flexibility index (Phi) is 2.73. The Morgan fingerprint density at radius 1 is 1.47 bits per heavy atom. The monoisotopic (exact) mass is 223 g/mol. The number of carbonyl (C=O) groups excluding carboxylic acids is 2. The zero-order valence-corrected chi connectivity index (χ0v) is 8.75. The number of Topliss-reactive ketones (excluding diaryl/α,β-unsaturated/α-hetero) is 1. The minimum absolute atomic E-state index is 0.0493. The van der Waals surface area contributed by atoms with Crippen LogP contribution in [0.25, 0.3) is 0 Å². The van der Waals surface area contributed by atoms with Gasteiger partial charge in [-0.3, -0.25) is 9.59 Å². The van der Waals surface area contributed by atoms with Crippen molar-refractivity contribution in [1.29, 1.82) is 0 Å². The number of para-hydroxylation sites is 1. The third-order valence-corrected chi connectivity index (χ3v) is 2.78. The molecule has 0 fully saturated rings. The molecule has 1 unspecified atom stereocenters. The number of amides is 1. The molecule has 1 N–H and O–H groups in total. The number of benzene rings is 1. The molecule has 1 aliphatic heterocycles. The molecule has 0 aromatic heterocycles. The van der Waals surface area contributed by atoms with Crippen LogP contribution in [-0.2, 0) is 9.59 Å². The highest BCUT2D eigenvalue weighted by atomic mass is 35.5. The van der Waals surface area contributed by atoms with Gasteiger partial charge in [0.2, 0.25) is 5.91 Å². The van der Waals surface area contributed by atoms with Crippen LogP contribution < -0.4 is 5.32 Å². The van der Waals surface area contributed by atoms with Gasteiger partial charge in [0.15, 0.2) is 5.78 Å². The van der Waals surface area contributed by atoms with Gasteiger partial charge in [0.1, 0.15) is 0 Å². The van der Waals surface area contributed by atoms with Gasteiger partial charge < -0.3 is 5.32 Å². The van der Waals surface area contributed by atoms with Crippen molar-refractivity contribution in [2.24, 2.45) is 0 Å². The number of alkyl halides is 1. The lowest BCUT2D eigenvalue weighted by Crippen LogP contribution is -2.27. The van der Waals surface area contributed by atoms with E-state index in [1.54, 1.807) is 6.07 Å². The first-order chi connectivity index (χ1) is 7.22. The van der Waals surface area contributed by atoms with Crippen molar-refractivity contribution in [3.05, 3.63) is 29.8 Å². The lowest BCUT2D eigenvalue weighted by molar-refractivity contribution is -0.123. The van der Waals surface area contributed by atoms with E-state index in [4.69, 9.17) is 11.6 Å². The number of rotatable bonds is 2. The van der Waals surface area contributed by atoms with Crippen molar-refractivity contribution in [1.82, 2.24) is 0 Å². The summed E-state index contributed by atoms with van der Waals surface area (Å²) in [7, 11) is 0. The first-order valence-corrected chi connectivity index (χ1v) is 5.23. The van der Waals surface area contributed by atoms with Crippen LogP contribution in [0.4, 0.5) is 5.69 Å². The van der Waals surface area contributed by atoms with Crippen LogP contribution in [0.15, 0.2) is 24.3 Å². The quantitative estimate of drug-likeness (QED) is 0.779. The fraction of sp³-hybridized carbons (Fsp3) is 0.273. The van der Waals surface area contributed by atoms with Crippen LogP contribution in [0.1, 0.15) is 17.9 Å². The highest BCUT2D eigenvalue weighted by molar-refractivity contribution is 6.28. The zero-order valence-electron chi connectivity index (χ0n) is 8.00. The summed E-state index contributed by atoms with van der Waals surface area (Å²) in [5.41, 5.74) is 1.58. The number of anilines is 1. The molecule has 0 radical (unpaired) electrons. The number of halogens is 1. The fourth-order valence-electron chi connectivity index (χ4n) is 1.79. The predicted octanol–water partition coefficient (Wildman–Crippen LogP) is 1.92. The van der Waals surface area contributed by atoms with E-state index >= 15 is 0 Å². The molecular formula is C11H10ClNO2. The maximum Gasteiger partial charge on any atom is 0.225 e. The van der Waals surface area contributed by atoms with E-state index in [1.165, 1.54) is 0 Å². The second kappa shape index (κ2) is 4.03. The summed E-state index contributed by atoms with van der Waals surface area (Å²) in [6, 6.07) is 7.32. The minimum atomic E-state index is -0.382. The van der Waals surface area contributed by atoms with Crippen LogP contribution in [0.3, 0.4) is 0 Å². The Balaban J connectivity index is 2.42. The molecule has 1 atom stereocenters. The van der Waals surface area contributed by atoms with E-state index < -0.39 is 0 Å². The van der Waals surface area contributed by atoms with E-state index in [9.17, 15) is 9.59 Å². The summed E-state index contributed by atoms with van der Waals surface area (Å²) < 4.78 is 0. The maximum absolute atomic E-state index is 11.6. The van der Waals surface area contributed by atoms with Crippen LogP contribution >= 0.6 is 11.6 Å². The molecule has 4 heteroatoms. The summed E-state index contributed by atoms with van der Waals surface area (Å²) in [5.74, 6) is -0.657. The smallest absolute Gasteiger partial charge is 0.225 e. The van der Waals surface area contributed by atoms with Crippen molar-refractivity contribution in [2.75, 3.05) is 11.2 Å². The van der Waals surface area contributed by atoms with Crippen LogP contribution in [0, 0.1) is 0 Å². The van der Waals surface area contributed by atoms with Gasteiger partial charge in [-0.1, -0.05) is 18.2 Å². The van der Waals surface area contributed by atoms with Gasteiger partial charge in [-0.25, -0.2) is 0 Å². The Bertz CT molecular complexity index is 417. The molecule has 78 valence electrons. The molecule has 0 saturated carbocycles. The number of nitrogens with one attached hydrogen (secondary N) is 1. The molecule has 1 heterocycles. The first-order valence-electron chi connectivity index (χ1n) is 4.70. The molecular weight excluding hydrogens is 214 g/mol. The fourth-order valence-corrected chi connectivity index (χ4v) is 1.98. The van der Waals surface area contributed by atoms with Crippen LogP contribution in [0.2, 0.25) is 0 Å². The number of fused-ring (bicyclic) bond motifs is 1. The molecule has 1 aromatic carbocycles. The van der Waals surface area contributed by atoms with Crippen molar-refractivity contribution in [3.8, 4) is 0 Å². The summed E-state index contributed by atoms with van der Waals surface area (Å²) in [6.07, 6.45) is 0.197. The summed E-state index contributed by atoms with van der Waals surface area (Å²) >= 11 is 5.52.